The van der Waals surface area contributed by atoms with E-state index in [0.717, 1.165) is 6.07 Å². The van der Waals surface area contributed by atoms with Gasteiger partial charge in [-0.25, -0.2) is 8.78 Å². The average molecular weight is 168 g/mol. The molecular weight excluding hydrogens is 162 g/mol. The van der Waals surface area contributed by atoms with Crippen LogP contribution in [0.25, 0.3) is 11.0 Å². The van der Waals surface area contributed by atoms with Crippen molar-refractivity contribution >= 4 is 11.0 Å². The molecule has 0 amide bonds. The Balaban J connectivity index is 2.93. The number of hydrogen-bond donors (Lipinski definition) is 0. The number of benzene rings is 1. The van der Waals surface area contributed by atoms with Crippen molar-refractivity contribution in [3.8, 4) is 0 Å². The van der Waals surface area contributed by atoms with E-state index in [4.69, 9.17) is 4.42 Å². The first-order chi connectivity index (χ1) is 5.68. The predicted octanol–water partition coefficient (Wildman–Crippen LogP) is 3.02. The number of furan rings is 1. The van der Waals surface area contributed by atoms with Crippen molar-refractivity contribution in [2.75, 3.05) is 0 Å². The number of aryl methyl sites for hydroxylation is 1. The van der Waals surface area contributed by atoms with Gasteiger partial charge in [0.2, 0.25) is 0 Å². The molecule has 0 aliphatic carbocycles. The number of halogens is 2. The molecule has 0 fully saturated rings. The Morgan fingerprint density at radius 3 is 2.75 bits per heavy atom. The van der Waals surface area contributed by atoms with E-state index in [1.165, 1.54) is 12.3 Å². The molecule has 1 heterocycles. The quantitative estimate of drug-likeness (QED) is 0.589. The van der Waals surface area contributed by atoms with Crippen molar-refractivity contribution in [2.24, 2.45) is 0 Å². The second-order valence-corrected chi connectivity index (χ2v) is 2.68. The number of hydrogen-bond acceptors (Lipinski definition) is 1. The van der Waals surface area contributed by atoms with Gasteiger partial charge in [0, 0.05) is 12.1 Å². The summed E-state index contributed by atoms with van der Waals surface area (Å²) in [6, 6.07) is 2.02. The molecule has 0 aliphatic heterocycles. The van der Waals surface area contributed by atoms with Gasteiger partial charge < -0.3 is 4.42 Å². The minimum absolute atomic E-state index is 0.255. The molecule has 0 spiro atoms. The fraction of sp³-hybridized carbons (Fsp3) is 0.111. The van der Waals surface area contributed by atoms with E-state index in [2.05, 4.69) is 0 Å². The molecule has 2 aromatic rings. The first kappa shape index (κ1) is 7.28. The fourth-order valence-corrected chi connectivity index (χ4v) is 1.24. The van der Waals surface area contributed by atoms with Crippen LogP contribution in [0.5, 0.6) is 0 Å². The molecular formula is C9H6F2O. The highest BCUT2D eigenvalue weighted by atomic mass is 19.1. The minimum Gasteiger partial charge on any atom is -0.464 e. The highest BCUT2D eigenvalue weighted by Crippen LogP contribution is 2.24. The minimum atomic E-state index is -0.616. The molecule has 0 radical (unpaired) electrons. The summed E-state index contributed by atoms with van der Waals surface area (Å²) >= 11 is 0. The van der Waals surface area contributed by atoms with E-state index in [1.807, 2.05) is 0 Å². The first-order valence-electron chi connectivity index (χ1n) is 3.51. The van der Waals surface area contributed by atoms with Gasteiger partial charge in [-0.2, -0.15) is 0 Å². The van der Waals surface area contributed by atoms with Crippen LogP contribution in [-0.4, -0.2) is 0 Å². The van der Waals surface area contributed by atoms with Crippen LogP contribution in [0, 0.1) is 18.6 Å². The van der Waals surface area contributed by atoms with Gasteiger partial charge in [-0.1, -0.05) is 0 Å². The summed E-state index contributed by atoms with van der Waals surface area (Å²) in [5, 5.41) is 0.358. The summed E-state index contributed by atoms with van der Waals surface area (Å²) in [4.78, 5) is 0. The lowest BCUT2D eigenvalue weighted by molar-refractivity contribution is 0.577. The van der Waals surface area contributed by atoms with Crippen LogP contribution < -0.4 is 0 Å². The molecule has 2 rings (SSSR count). The zero-order valence-corrected chi connectivity index (χ0v) is 6.40. The lowest BCUT2D eigenvalue weighted by Crippen LogP contribution is -1.80. The monoisotopic (exact) mass is 168 g/mol. The molecule has 1 nitrogen and oxygen atoms in total. The van der Waals surface area contributed by atoms with Crippen molar-refractivity contribution < 1.29 is 13.2 Å². The fourth-order valence-electron chi connectivity index (χ4n) is 1.24. The summed E-state index contributed by atoms with van der Waals surface area (Å²) in [6.45, 7) is 1.72. The van der Waals surface area contributed by atoms with Gasteiger partial charge in [-0.3, -0.25) is 0 Å². The summed E-state index contributed by atoms with van der Waals surface area (Å²) in [5.41, 5.74) is 0.938. The van der Waals surface area contributed by atoms with Gasteiger partial charge in [0.15, 0.2) is 0 Å². The second-order valence-electron chi connectivity index (χ2n) is 2.68. The summed E-state index contributed by atoms with van der Waals surface area (Å²) in [7, 11) is 0. The molecule has 1 aromatic carbocycles. The second kappa shape index (κ2) is 2.30. The Kier molecular flexibility index (Phi) is 1.40. The van der Waals surface area contributed by atoms with Crippen molar-refractivity contribution in [3.63, 3.8) is 0 Å². The molecule has 0 N–H and O–H groups in total. The zero-order chi connectivity index (χ0) is 8.72. The Hall–Kier alpha value is -1.38. The van der Waals surface area contributed by atoms with Crippen LogP contribution >= 0.6 is 0 Å². The van der Waals surface area contributed by atoms with Crippen molar-refractivity contribution in [1.82, 2.24) is 0 Å². The molecule has 62 valence electrons. The molecule has 0 saturated heterocycles. The van der Waals surface area contributed by atoms with Crippen molar-refractivity contribution in [1.29, 1.82) is 0 Å². The van der Waals surface area contributed by atoms with Crippen molar-refractivity contribution in [3.05, 3.63) is 35.6 Å². The highest BCUT2D eigenvalue weighted by Gasteiger charge is 2.09. The van der Waals surface area contributed by atoms with Gasteiger partial charge in [-0.05, 0) is 12.5 Å². The maximum Gasteiger partial charge on any atom is 0.140 e. The third-order valence-corrected chi connectivity index (χ3v) is 1.78. The normalized spacial score (nSPS) is 10.9. The standard InChI is InChI=1S/C9H6F2O/c1-5-4-12-8-3-6(10)2-7(11)9(5)8/h2-4H,1H3. The summed E-state index contributed by atoms with van der Waals surface area (Å²) in [6.07, 6.45) is 1.41. The van der Waals surface area contributed by atoms with E-state index < -0.39 is 11.6 Å². The largest absolute Gasteiger partial charge is 0.464 e. The van der Waals surface area contributed by atoms with Crippen LogP contribution in [-0.2, 0) is 0 Å². The maximum atomic E-state index is 13.0. The molecule has 0 saturated carbocycles. The van der Waals surface area contributed by atoms with Crippen LogP contribution in [0.15, 0.2) is 22.8 Å². The average Bonchev–Trinajstić information content (AvgIpc) is 2.31. The van der Waals surface area contributed by atoms with Crippen LogP contribution in [0.3, 0.4) is 0 Å². The Bertz CT molecular complexity index is 431. The Morgan fingerprint density at radius 2 is 2.00 bits per heavy atom. The Morgan fingerprint density at radius 1 is 1.25 bits per heavy atom. The van der Waals surface area contributed by atoms with E-state index >= 15 is 0 Å². The van der Waals surface area contributed by atoms with Gasteiger partial charge in [0.25, 0.3) is 0 Å². The SMILES string of the molecule is Cc1coc2cc(F)cc(F)c12. The van der Waals surface area contributed by atoms with Crippen LogP contribution in [0.4, 0.5) is 8.78 Å². The van der Waals surface area contributed by atoms with E-state index in [0.29, 0.717) is 10.9 Å². The van der Waals surface area contributed by atoms with Gasteiger partial charge in [-0.15, -0.1) is 0 Å². The topological polar surface area (TPSA) is 13.1 Å². The molecule has 0 aliphatic rings. The zero-order valence-electron chi connectivity index (χ0n) is 6.40. The van der Waals surface area contributed by atoms with Gasteiger partial charge >= 0.3 is 0 Å². The van der Waals surface area contributed by atoms with Crippen LogP contribution in [0.1, 0.15) is 5.56 Å². The van der Waals surface area contributed by atoms with Crippen molar-refractivity contribution in [2.45, 2.75) is 6.92 Å². The highest BCUT2D eigenvalue weighted by molar-refractivity contribution is 5.81. The van der Waals surface area contributed by atoms with E-state index in [-0.39, 0.29) is 5.58 Å². The smallest absolute Gasteiger partial charge is 0.140 e. The molecule has 12 heavy (non-hydrogen) atoms. The number of rotatable bonds is 0. The Labute approximate surface area is 67.6 Å². The lowest BCUT2D eigenvalue weighted by Gasteiger charge is -1.92. The number of fused-ring (bicyclic) bond motifs is 1. The summed E-state index contributed by atoms with van der Waals surface area (Å²) in [5.74, 6) is -1.19. The first-order valence-corrected chi connectivity index (χ1v) is 3.51. The maximum absolute atomic E-state index is 13.0. The predicted molar refractivity (Wildman–Crippen MR) is 40.9 cm³/mol. The summed E-state index contributed by atoms with van der Waals surface area (Å²) < 4.78 is 30.6. The van der Waals surface area contributed by atoms with E-state index in [1.54, 1.807) is 6.92 Å². The van der Waals surface area contributed by atoms with Crippen LogP contribution in [0.2, 0.25) is 0 Å². The lowest BCUT2D eigenvalue weighted by atomic mass is 10.2. The molecule has 3 heteroatoms. The van der Waals surface area contributed by atoms with Gasteiger partial charge in [0.1, 0.15) is 17.2 Å². The third kappa shape index (κ3) is 0.897. The molecule has 0 bridgehead atoms. The third-order valence-electron chi connectivity index (χ3n) is 1.78. The molecule has 0 atom stereocenters. The molecule has 0 unspecified atom stereocenters. The molecule has 1 aromatic heterocycles. The van der Waals surface area contributed by atoms with E-state index in [9.17, 15) is 8.78 Å². The van der Waals surface area contributed by atoms with Gasteiger partial charge in [0.05, 0.1) is 11.6 Å².